The Morgan fingerprint density at radius 3 is 1.76 bits per heavy atom. The second-order valence-corrected chi connectivity index (χ2v) is 5.02. The van der Waals surface area contributed by atoms with Gasteiger partial charge in [0, 0.05) is 44.9 Å². The molecule has 1 N–H and O–H groups in total. The molecule has 2 amide bonds. The van der Waals surface area contributed by atoms with Crippen LogP contribution in [-0.2, 0) is 19.2 Å². The molecule has 25 heavy (non-hydrogen) atoms. The SMILES string of the molecule is CC.CC.CC.O=CC1CC(=O)N(CCN2CC(C(=O)O)CC2=O)C1. The highest BCUT2D eigenvalue weighted by Gasteiger charge is 2.35. The van der Waals surface area contributed by atoms with E-state index in [4.69, 9.17) is 5.11 Å². The summed E-state index contributed by atoms with van der Waals surface area (Å²) in [7, 11) is 0. The van der Waals surface area contributed by atoms with Crippen LogP contribution in [0.1, 0.15) is 54.4 Å². The Kier molecular flexibility index (Phi) is 14.6. The molecule has 2 unspecified atom stereocenters. The number of aliphatic carboxylic acids is 1. The van der Waals surface area contributed by atoms with Gasteiger partial charge in [0.2, 0.25) is 11.8 Å². The summed E-state index contributed by atoms with van der Waals surface area (Å²) < 4.78 is 0. The number of nitrogens with zero attached hydrogens (tertiary/aromatic N) is 2. The van der Waals surface area contributed by atoms with Gasteiger partial charge in [-0.2, -0.15) is 0 Å². The number of carbonyl (C=O) groups excluding carboxylic acids is 3. The molecule has 2 aliphatic heterocycles. The number of aldehydes is 1. The molecule has 0 radical (unpaired) electrons. The third-order valence-electron chi connectivity index (χ3n) is 3.64. The smallest absolute Gasteiger partial charge is 0.308 e. The van der Waals surface area contributed by atoms with Crippen molar-refractivity contribution in [1.29, 1.82) is 0 Å². The van der Waals surface area contributed by atoms with Crippen LogP contribution in [0, 0.1) is 11.8 Å². The first-order valence-corrected chi connectivity index (χ1v) is 9.25. The van der Waals surface area contributed by atoms with Gasteiger partial charge in [0.15, 0.2) is 0 Å². The van der Waals surface area contributed by atoms with E-state index < -0.39 is 11.9 Å². The highest BCUT2D eigenvalue weighted by Crippen LogP contribution is 2.19. The fourth-order valence-electron chi connectivity index (χ4n) is 2.51. The summed E-state index contributed by atoms with van der Waals surface area (Å²) in [5.41, 5.74) is 0. The normalized spacial score (nSPS) is 21.4. The van der Waals surface area contributed by atoms with Gasteiger partial charge in [0.1, 0.15) is 6.29 Å². The van der Waals surface area contributed by atoms with Crippen LogP contribution in [0.15, 0.2) is 0 Å². The topological polar surface area (TPSA) is 95.0 Å². The number of carbonyl (C=O) groups is 4. The van der Waals surface area contributed by atoms with Crippen molar-refractivity contribution in [2.24, 2.45) is 11.8 Å². The number of likely N-dealkylation sites (tertiary alicyclic amines) is 2. The molecule has 0 saturated carbocycles. The summed E-state index contributed by atoms with van der Waals surface area (Å²) in [6, 6.07) is 0. The van der Waals surface area contributed by atoms with Crippen LogP contribution in [0.25, 0.3) is 0 Å². The van der Waals surface area contributed by atoms with Crippen LogP contribution < -0.4 is 0 Å². The van der Waals surface area contributed by atoms with Crippen LogP contribution in [0.3, 0.4) is 0 Å². The maximum absolute atomic E-state index is 11.6. The Hall–Kier alpha value is -1.92. The molecule has 2 heterocycles. The van der Waals surface area contributed by atoms with Gasteiger partial charge in [-0.25, -0.2) is 0 Å². The van der Waals surface area contributed by atoms with Crippen molar-refractivity contribution in [1.82, 2.24) is 9.80 Å². The Bertz CT molecular complexity index is 426. The minimum Gasteiger partial charge on any atom is -0.481 e. The predicted molar refractivity (Wildman–Crippen MR) is 97.1 cm³/mol. The second-order valence-electron chi connectivity index (χ2n) is 5.02. The van der Waals surface area contributed by atoms with E-state index in [1.54, 1.807) is 4.90 Å². The maximum atomic E-state index is 11.6. The number of carboxylic acids is 1. The van der Waals surface area contributed by atoms with Gasteiger partial charge in [-0.05, 0) is 0 Å². The lowest BCUT2D eigenvalue weighted by Gasteiger charge is -2.21. The highest BCUT2D eigenvalue weighted by atomic mass is 16.4. The number of hydrogen-bond acceptors (Lipinski definition) is 4. The summed E-state index contributed by atoms with van der Waals surface area (Å²) in [6.45, 7) is 13.3. The first-order valence-electron chi connectivity index (χ1n) is 9.25. The minimum absolute atomic E-state index is 0.0280. The Morgan fingerprint density at radius 2 is 1.40 bits per heavy atom. The molecular weight excluding hydrogens is 324 g/mol. The summed E-state index contributed by atoms with van der Waals surface area (Å²) >= 11 is 0. The fraction of sp³-hybridized carbons (Fsp3) is 0.778. The molecule has 0 bridgehead atoms. The first-order chi connectivity index (χ1) is 12.0. The number of hydrogen-bond donors (Lipinski definition) is 1. The van der Waals surface area contributed by atoms with Crippen LogP contribution in [0.5, 0.6) is 0 Å². The minimum atomic E-state index is -0.964. The molecule has 7 nitrogen and oxygen atoms in total. The van der Waals surface area contributed by atoms with E-state index in [0.717, 1.165) is 6.29 Å². The Morgan fingerprint density at radius 1 is 0.960 bits per heavy atom. The van der Waals surface area contributed by atoms with E-state index in [9.17, 15) is 19.2 Å². The third-order valence-corrected chi connectivity index (χ3v) is 3.64. The zero-order valence-corrected chi connectivity index (χ0v) is 16.4. The Labute approximate surface area is 151 Å². The lowest BCUT2D eigenvalue weighted by atomic mass is 10.1. The van der Waals surface area contributed by atoms with Crippen molar-refractivity contribution in [3.05, 3.63) is 0 Å². The predicted octanol–water partition coefficient (Wildman–Crippen LogP) is 2.05. The van der Waals surface area contributed by atoms with E-state index in [-0.39, 0.29) is 37.1 Å². The van der Waals surface area contributed by atoms with Crippen molar-refractivity contribution < 1.29 is 24.3 Å². The Balaban J connectivity index is 0. The third kappa shape index (κ3) is 8.14. The van der Waals surface area contributed by atoms with E-state index >= 15 is 0 Å². The summed E-state index contributed by atoms with van der Waals surface area (Å²) in [5.74, 6) is -2.14. The molecule has 0 aromatic heterocycles. The average molecular weight is 358 g/mol. The molecule has 146 valence electrons. The van der Waals surface area contributed by atoms with Gasteiger partial charge in [0.05, 0.1) is 5.92 Å². The van der Waals surface area contributed by atoms with Crippen molar-refractivity contribution >= 4 is 24.1 Å². The van der Waals surface area contributed by atoms with E-state index in [0.29, 0.717) is 19.6 Å². The highest BCUT2D eigenvalue weighted by molar-refractivity contribution is 5.86. The number of carboxylic acid groups (broad SMARTS) is 1. The summed E-state index contributed by atoms with van der Waals surface area (Å²) in [5, 5.41) is 8.85. The van der Waals surface area contributed by atoms with Crippen LogP contribution in [0.2, 0.25) is 0 Å². The number of amides is 2. The van der Waals surface area contributed by atoms with Gasteiger partial charge in [-0.1, -0.05) is 41.5 Å². The zero-order valence-electron chi connectivity index (χ0n) is 16.4. The summed E-state index contributed by atoms with van der Waals surface area (Å²) in [4.78, 5) is 47.6. The van der Waals surface area contributed by atoms with Crippen LogP contribution >= 0.6 is 0 Å². The van der Waals surface area contributed by atoms with Gasteiger partial charge in [0.25, 0.3) is 0 Å². The first kappa shape index (κ1) is 25.3. The lowest BCUT2D eigenvalue weighted by Crippen LogP contribution is -2.37. The molecule has 2 rings (SSSR count). The van der Waals surface area contributed by atoms with Crippen molar-refractivity contribution in [2.45, 2.75) is 54.4 Å². The average Bonchev–Trinajstić information content (AvgIpc) is 3.21. The number of rotatable bonds is 5. The standard InChI is InChI=1S/C12H16N2O5.3C2H6/c15-7-8-3-10(16)13(5-8)1-2-14-6-9(12(18)19)4-11(14)17;3*1-2/h7-9H,1-6H2,(H,18,19);3*1-2H3. The molecule has 2 fully saturated rings. The quantitative estimate of drug-likeness (QED) is 0.759. The monoisotopic (exact) mass is 358 g/mol. The molecule has 2 atom stereocenters. The molecule has 0 spiro atoms. The van der Waals surface area contributed by atoms with Crippen molar-refractivity contribution in [2.75, 3.05) is 26.2 Å². The molecule has 2 aliphatic rings. The van der Waals surface area contributed by atoms with Crippen molar-refractivity contribution in [3.8, 4) is 0 Å². The maximum Gasteiger partial charge on any atom is 0.308 e. The molecule has 7 heteroatoms. The molecule has 2 saturated heterocycles. The molecule has 0 aliphatic carbocycles. The summed E-state index contributed by atoms with van der Waals surface area (Å²) in [6.07, 6.45) is 1.04. The van der Waals surface area contributed by atoms with E-state index in [1.807, 2.05) is 41.5 Å². The van der Waals surface area contributed by atoms with Gasteiger partial charge in [-0.3, -0.25) is 14.4 Å². The van der Waals surface area contributed by atoms with Crippen LogP contribution in [0.4, 0.5) is 0 Å². The van der Waals surface area contributed by atoms with Gasteiger partial charge < -0.3 is 19.7 Å². The second kappa shape index (κ2) is 14.4. The lowest BCUT2D eigenvalue weighted by molar-refractivity contribution is -0.141. The molecular formula is C18H34N2O5. The molecule has 0 aromatic carbocycles. The van der Waals surface area contributed by atoms with Gasteiger partial charge in [-0.15, -0.1) is 0 Å². The molecule has 0 aromatic rings. The fourth-order valence-corrected chi connectivity index (χ4v) is 2.51. The van der Waals surface area contributed by atoms with Gasteiger partial charge >= 0.3 is 5.97 Å². The van der Waals surface area contributed by atoms with E-state index in [2.05, 4.69) is 0 Å². The van der Waals surface area contributed by atoms with Crippen molar-refractivity contribution in [3.63, 3.8) is 0 Å². The largest absolute Gasteiger partial charge is 0.481 e. The van der Waals surface area contributed by atoms with E-state index in [1.165, 1.54) is 4.90 Å². The van der Waals surface area contributed by atoms with Crippen LogP contribution in [-0.4, -0.2) is 65.2 Å². The zero-order chi connectivity index (χ0) is 20.0.